The van der Waals surface area contributed by atoms with Gasteiger partial charge in [0.05, 0.1) is 19.8 Å². The fourth-order valence-electron chi connectivity index (χ4n) is 2.66. The van der Waals surface area contributed by atoms with Crippen molar-refractivity contribution < 1.29 is 9.53 Å². The number of morpholine rings is 1. The van der Waals surface area contributed by atoms with Gasteiger partial charge in [0.2, 0.25) is 0 Å². The monoisotopic (exact) mass is 350 g/mol. The highest BCUT2D eigenvalue weighted by Crippen LogP contribution is 2.18. The molecule has 2 N–H and O–H groups in total. The molecule has 26 heavy (non-hydrogen) atoms. The first-order valence-electron chi connectivity index (χ1n) is 8.65. The van der Waals surface area contributed by atoms with Gasteiger partial charge in [-0.15, -0.1) is 0 Å². The molecule has 0 saturated carbocycles. The molecule has 1 fully saturated rings. The maximum atomic E-state index is 12.0. The van der Waals surface area contributed by atoms with Gasteiger partial charge in [0, 0.05) is 37.0 Å². The van der Waals surface area contributed by atoms with Crippen LogP contribution in [0, 0.1) is 11.8 Å². The van der Waals surface area contributed by atoms with E-state index in [1.165, 1.54) is 0 Å². The molecule has 1 aromatic heterocycles. The molecule has 1 aliphatic heterocycles. The van der Waals surface area contributed by atoms with Gasteiger partial charge in [-0.2, -0.15) is 0 Å². The Morgan fingerprint density at radius 1 is 1.12 bits per heavy atom. The number of pyridine rings is 1. The van der Waals surface area contributed by atoms with Crippen molar-refractivity contribution in [2.24, 2.45) is 0 Å². The third-order valence-corrected chi connectivity index (χ3v) is 3.96. The zero-order valence-corrected chi connectivity index (χ0v) is 14.6. The minimum absolute atomic E-state index is 0.246. The first-order chi connectivity index (χ1) is 12.8. The molecule has 2 amide bonds. The lowest BCUT2D eigenvalue weighted by atomic mass is 10.2. The molecule has 0 radical (unpaired) electrons. The lowest BCUT2D eigenvalue weighted by Crippen LogP contribution is -2.39. The molecule has 3 rings (SSSR count). The van der Waals surface area contributed by atoms with Crippen LogP contribution in [0.5, 0.6) is 0 Å². The first-order valence-corrected chi connectivity index (χ1v) is 8.65. The van der Waals surface area contributed by atoms with Crippen LogP contribution in [0.2, 0.25) is 0 Å². The van der Waals surface area contributed by atoms with Crippen molar-refractivity contribution in [3.05, 3.63) is 59.8 Å². The van der Waals surface area contributed by atoms with Crippen molar-refractivity contribution in [2.75, 3.05) is 37.7 Å². The summed E-state index contributed by atoms with van der Waals surface area (Å²) < 4.78 is 5.38. The van der Waals surface area contributed by atoms with Gasteiger partial charge >= 0.3 is 6.03 Å². The smallest absolute Gasteiger partial charge is 0.315 e. The van der Waals surface area contributed by atoms with Gasteiger partial charge in [-0.1, -0.05) is 36.1 Å². The molecule has 0 atom stereocenters. The molecule has 2 heterocycles. The number of nitrogens with one attached hydrogen (secondary N) is 2. The van der Waals surface area contributed by atoms with E-state index in [2.05, 4.69) is 32.4 Å². The molecule has 134 valence electrons. The molecule has 6 nitrogen and oxygen atoms in total. The van der Waals surface area contributed by atoms with Crippen LogP contribution in [-0.2, 0) is 11.3 Å². The number of benzene rings is 1. The van der Waals surface area contributed by atoms with Gasteiger partial charge in [-0.05, 0) is 18.2 Å². The second kappa shape index (κ2) is 9.44. The Morgan fingerprint density at radius 3 is 2.73 bits per heavy atom. The molecule has 2 aromatic rings. The topological polar surface area (TPSA) is 66.5 Å². The molecule has 1 aromatic carbocycles. The molecule has 0 spiro atoms. The summed E-state index contributed by atoms with van der Waals surface area (Å²) in [6.07, 6.45) is 1.77. The van der Waals surface area contributed by atoms with Gasteiger partial charge in [0.25, 0.3) is 0 Å². The number of urea groups is 1. The minimum atomic E-state index is -0.246. The first kappa shape index (κ1) is 17.8. The van der Waals surface area contributed by atoms with Crippen molar-refractivity contribution in [3.63, 3.8) is 0 Å². The minimum Gasteiger partial charge on any atom is -0.378 e. The second-order valence-corrected chi connectivity index (χ2v) is 5.79. The molecule has 1 saturated heterocycles. The van der Waals surface area contributed by atoms with E-state index in [0.29, 0.717) is 26.3 Å². The van der Waals surface area contributed by atoms with Gasteiger partial charge in [-0.25, -0.2) is 9.78 Å². The predicted molar refractivity (Wildman–Crippen MR) is 101 cm³/mol. The highest BCUT2D eigenvalue weighted by Gasteiger charge is 2.15. The number of anilines is 1. The van der Waals surface area contributed by atoms with Gasteiger partial charge in [0.15, 0.2) is 0 Å². The summed E-state index contributed by atoms with van der Waals surface area (Å²) in [4.78, 5) is 18.6. The molecular formula is C20H22N4O2. The maximum absolute atomic E-state index is 12.0. The number of carbonyl (C=O) groups is 1. The Bertz CT molecular complexity index is 777. The summed E-state index contributed by atoms with van der Waals surface area (Å²) in [5.74, 6) is 6.85. The lowest BCUT2D eigenvalue weighted by Gasteiger charge is -2.29. The second-order valence-electron chi connectivity index (χ2n) is 5.79. The van der Waals surface area contributed by atoms with Crippen molar-refractivity contribution >= 4 is 11.8 Å². The van der Waals surface area contributed by atoms with Crippen LogP contribution in [0.4, 0.5) is 10.6 Å². The fourth-order valence-corrected chi connectivity index (χ4v) is 2.66. The normalized spacial score (nSPS) is 13.5. The van der Waals surface area contributed by atoms with Crippen molar-refractivity contribution in [1.29, 1.82) is 0 Å². The van der Waals surface area contributed by atoms with E-state index in [0.717, 1.165) is 30.0 Å². The quantitative estimate of drug-likeness (QED) is 0.825. The van der Waals surface area contributed by atoms with E-state index in [4.69, 9.17) is 4.74 Å². The summed E-state index contributed by atoms with van der Waals surface area (Å²) >= 11 is 0. The number of amides is 2. The van der Waals surface area contributed by atoms with Crippen LogP contribution in [0.1, 0.15) is 11.1 Å². The summed E-state index contributed by atoms with van der Waals surface area (Å²) in [6.45, 7) is 3.73. The highest BCUT2D eigenvalue weighted by atomic mass is 16.5. The molecule has 0 bridgehead atoms. The Balaban J connectivity index is 1.48. The Hall–Kier alpha value is -3.04. The number of hydrogen-bond donors (Lipinski definition) is 2. The highest BCUT2D eigenvalue weighted by molar-refractivity contribution is 5.74. The summed E-state index contributed by atoms with van der Waals surface area (Å²) in [7, 11) is 0. The summed E-state index contributed by atoms with van der Waals surface area (Å²) in [6, 6.07) is 13.3. The third-order valence-electron chi connectivity index (χ3n) is 3.96. The van der Waals surface area contributed by atoms with Gasteiger partial charge in [-0.3, -0.25) is 0 Å². The third kappa shape index (κ3) is 5.23. The average molecular weight is 350 g/mol. The zero-order valence-electron chi connectivity index (χ0n) is 14.6. The van der Waals surface area contributed by atoms with Gasteiger partial charge < -0.3 is 20.3 Å². The fraction of sp³-hybridized carbons (Fsp3) is 0.300. The molecule has 0 aliphatic carbocycles. The number of ether oxygens (including phenoxy) is 1. The zero-order chi connectivity index (χ0) is 18.0. The maximum Gasteiger partial charge on any atom is 0.315 e. The predicted octanol–water partition coefficient (Wildman–Crippen LogP) is 1.77. The number of hydrogen-bond acceptors (Lipinski definition) is 4. The van der Waals surface area contributed by atoms with Crippen LogP contribution in [0.3, 0.4) is 0 Å². The largest absolute Gasteiger partial charge is 0.378 e. The van der Waals surface area contributed by atoms with Crippen LogP contribution in [-0.4, -0.2) is 43.9 Å². The van der Waals surface area contributed by atoms with Crippen LogP contribution < -0.4 is 15.5 Å². The van der Waals surface area contributed by atoms with Crippen molar-refractivity contribution in [3.8, 4) is 11.8 Å². The van der Waals surface area contributed by atoms with E-state index < -0.39 is 0 Å². The van der Waals surface area contributed by atoms with Crippen LogP contribution >= 0.6 is 0 Å². The van der Waals surface area contributed by atoms with Crippen LogP contribution in [0.25, 0.3) is 0 Å². The number of aromatic nitrogens is 1. The lowest BCUT2D eigenvalue weighted by molar-refractivity contribution is 0.122. The van der Waals surface area contributed by atoms with E-state index in [1.54, 1.807) is 6.20 Å². The molecule has 1 aliphatic rings. The van der Waals surface area contributed by atoms with Gasteiger partial charge in [0.1, 0.15) is 5.82 Å². The Labute approximate surface area is 153 Å². The SMILES string of the molecule is O=C(NCC#Cc1ccccc1)NCc1cccnc1N1CCOCC1. The summed E-state index contributed by atoms with van der Waals surface area (Å²) in [5.41, 5.74) is 1.92. The van der Waals surface area contributed by atoms with Crippen molar-refractivity contribution in [2.45, 2.75) is 6.54 Å². The van der Waals surface area contributed by atoms with E-state index in [9.17, 15) is 4.79 Å². The Kier molecular flexibility index (Phi) is 6.46. The summed E-state index contributed by atoms with van der Waals surface area (Å²) in [5, 5.41) is 5.61. The van der Waals surface area contributed by atoms with Crippen molar-refractivity contribution in [1.82, 2.24) is 15.6 Å². The van der Waals surface area contributed by atoms with Crippen LogP contribution in [0.15, 0.2) is 48.7 Å². The van der Waals surface area contributed by atoms with E-state index >= 15 is 0 Å². The Morgan fingerprint density at radius 2 is 1.92 bits per heavy atom. The van der Waals surface area contributed by atoms with E-state index in [-0.39, 0.29) is 6.03 Å². The molecule has 0 unspecified atom stereocenters. The number of carbonyl (C=O) groups excluding carboxylic acids is 1. The van der Waals surface area contributed by atoms with E-state index in [1.807, 2.05) is 42.5 Å². The molecular weight excluding hydrogens is 328 g/mol. The molecule has 6 heteroatoms. The number of rotatable bonds is 4. The average Bonchev–Trinajstić information content (AvgIpc) is 2.71. The standard InChI is InChI=1S/C20H22N4O2/c25-20(22-11-4-8-17-6-2-1-3-7-17)23-16-18-9-5-10-21-19(18)24-12-14-26-15-13-24/h1-3,5-7,9-10H,11-16H2,(H2,22,23,25). The number of nitrogens with zero attached hydrogens (tertiary/aromatic N) is 2.